The van der Waals surface area contributed by atoms with Gasteiger partial charge in [-0.1, -0.05) is 24.6 Å². The minimum absolute atomic E-state index is 0.374. The average Bonchev–Trinajstić information content (AvgIpc) is 3.31. The lowest BCUT2D eigenvalue weighted by atomic mass is 10.0. The molecule has 2 aliphatic rings. The number of thioether (sulfide) groups is 1. The predicted molar refractivity (Wildman–Crippen MR) is 142 cm³/mol. The van der Waals surface area contributed by atoms with E-state index in [1.54, 1.807) is 7.11 Å². The first kappa shape index (κ1) is 23.1. The number of hydrogen-bond acceptors (Lipinski definition) is 5. The van der Waals surface area contributed by atoms with E-state index >= 15 is 0 Å². The SMILES string of the molecule is COc1ccc2c(Oc3ccc(OCCN4CCCCC4)cc3)c(C3CC=C(C)S3)ccc2c1. The zero-order valence-electron chi connectivity index (χ0n) is 20.1. The van der Waals surface area contributed by atoms with E-state index in [1.165, 1.54) is 42.8 Å². The smallest absolute Gasteiger partial charge is 0.139 e. The summed E-state index contributed by atoms with van der Waals surface area (Å²) in [5.41, 5.74) is 1.23. The van der Waals surface area contributed by atoms with Gasteiger partial charge in [-0.3, -0.25) is 4.90 Å². The quantitative estimate of drug-likeness (QED) is 0.335. The highest BCUT2D eigenvalue weighted by molar-refractivity contribution is 8.03. The summed E-state index contributed by atoms with van der Waals surface area (Å²) in [5.74, 6) is 3.49. The minimum Gasteiger partial charge on any atom is -0.497 e. The van der Waals surface area contributed by atoms with Crippen LogP contribution < -0.4 is 14.2 Å². The molecule has 0 N–H and O–H groups in total. The molecule has 1 fully saturated rings. The molecule has 0 aliphatic carbocycles. The Morgan fingerprint density at radius 1 is 0.912 bits per heavy atom. The van der Waals surface area contributed by atoms with E-state index < -0.39 is 0 Å². The molecular formula is C29H33NO3S. The van der Waals surface area contributed by atoms with Gasteiger partial charge in [-0.2, -0.15) is 0 Å². The number of allylic oxidation sites excluding steroid dienone is 2. The Morgan fingerprint density at radius 3 is 2.41 bits per heavy atom. The normalized spacial score (nSPS) is 18.6. The Morgan fingerprint density at radius 2 is 1.68 bits per heavy atom. The van der Waals surface area contributed by atoms with Gasteiger partial charge in [0.05, 0.1) is 7.11 Å². The van der Waals surface area contributed by atoms with Crippen LogP contribution in [-0.4, -0.2) is 38.3 Å². The monoisotopic (exact) mass is 475 g/mol. The van der Waals surface area contributed by atoms with Crippen LogP contribution in [0.2, 0.25) is 0 Å². The Labute approximate surface area is 206 Å². The van der Waals surface area contributed by atoms with Gasteiger partial charge in [0.1, 0.15) is 29.6 Å². The van der Waals surface area contributed by atoms with Gasteiger partial charge in [0.15, 0.2) is 0 Å². The number of methoxy groups -OCH3 is 1. The van der Waals surface area contributed by atoms with E-state index in [-0.39, 0.29) is 0 Å². The lowest BCUT2D eigenvalue weighted by Gasteiger charge is -2.26. The summed E-state index contributed by atoms with van der Waals surface area (Å²) >= 11 is 1.92. The highest BCUT2D eigenvalue weighted by Gasteiger charge is 2.23. The molecule has 5 rings (SSSR count). The molecule has 3 aromatic carbocycles. The second-order valence-corrected chi connectivity index (χ2v) is 10.5. The van der Waals surface area contributed by atoms with Crippen molar-refractivity contribution in [3.05, 3.63) is 71.1 Å². The maximum Gasteiger partial charge on any atom is 0.139 e. The molecule has 0 spiro atoms. The van der Waals surface area contributed by atoms with Crippen molar-refractivity contribution in [2.75, 3.05) is 33.4 Å². The van der Waals surface area contributed by atoms with Crippen LogP contribution in [0.5, 0.6) is 23.0 Å². The Balaban J connectivity index is 1.33. The third-order valence-corrected chi connectivity index (χ3v) is 7.94. The molecule has 178 valence electrons. The van der Waals surface area contributed by atoms with Gasteiger partial charge in [-0.05, 0) is 92.0 Å². The van der Waals surface area contributed by atoms with Crippen molar-refractivity contribution in [2.24, 2.45) is 0 Å². The Bertz CT molecular complexity index is 1150. The Hall–Kier alpha value is -2.63. The maximum atomic E-state index is 6.56. The van der Waals surface area contributed by atoms with E-state index in [2.05, 4.69) is 42.2 Å². The van der Waals surface area contributed by atoms with Crippen molar-refractivity contribution >= 4 is 22.5 Å². The molecule has 0 amide bonds. The van der Waals surface area contributed by atoms with Crippen molar-refractivity contribution < 1.29 is 14.2 Å². The maximum absolute atomic E-state index is 6.56. The number of fused-ring (bicyclic) bond motifs is 1. The van der Waals surface area contributed by atoms with Gasteiger partial charge >= 0.3 is 0 Å². The third kappa shape index (κ3) is 5.37. The molecule has 5 heteroatoms. The van der Waals surface area contributed by atoms with Gasteiger partial charge in [-0.15, -0.1) is 11.8 Å². The molecule has 1 atom stereocenters. The standard InChI is InChI=1S/C29H33NO3S/c1-21-6-15-28(34-21)27-13-7-22-20-25(31-2)12-14-26(22)29(27)33-24-10-8-23(9-11-24)32-19-18-30-16-4-3-5-17-30/h6-14,20,28H,3-5,15-19H2,1-2H3. The van der Waals surface area contributed by atoms with Crippen LogP contribution in [0, 0.1) is 0 Å². The first-order chi connectivity index (χ1) is 16.7. The summed E-state index contributed by atoms with van der Waals surface area (Å²) in [6.45, 7) is 6.29. The fourth-order valence-electron chi connectivity index (χ4n) is 4.77. The van der Waals surface area contributed by atoms with Crippen LogP contribution in [0.25, 0.3) is 10.8 Å². The van der Waals surface area contributed by atoms with E-state index in [9.17, 15) is 0 Å². The fourth-order valence-corrected chi connectivity index (χ4v) is 5.92. The van der Waals surface area contributed by atoms with E-state index in [0.717, 1.165) is 53.3 Å². The Kier molecular flexibility index (Phi) is 7.31. The van der Waals surface area contributed by atoms with Gasteiger partial charge in [0, 0.05) is 22.7 Å². The van der Waals surface area contributed by atoms with Crippen molar-refractivity contribution in [3.8, 4) is 23.0 Å². The summed E-state index contributed by atoms with van der Waals surface area (Å²) in [4.78, 5) is 3.87. The van der Waals surface area contributed by atoms with Crippen molar-refractivity contribution in [1.29, 1.82) is 0 Å². The first-order valence-corrected chi connectivity index (χ1v) is 13.1. The van der Waals surface area contributed by atoms with Crippen molar-refractivity contribution in [1.82, 2.24) is 4.90 Å². The number of piperidine rings is 1. The molecule has 0 bridgehead atoms. The van der Waals surface area contributed by atoms with Crippen molar-refractivity contribution in [3.63, 3.8) is 0 Å². The van der Waals surface area contributed by atoms with E-state index in [0.29, 0.717) is 5.25 Å². The molecule has 0 saturated carbocycles. The lowest BCUT2D eigenvalue weighted by molar-refractivity contribution is 0.183. The highest BCUT2D eigenvalue weighted by atomic mass is 32.2. The lowest BCUT2D eigenvalue weighted by Crippen LogP contribution is -2.33. The van der Waals surface area contributed by atoms with Crippen molar-refractivity contribution in [2.45, 2.75) is 37.9 Å². The minimum atomic E-state index is 0.374. The van der Waals surface area contributed by atoms with Crippen LogP contribution in [-0.2, 0) is 0 Å². The fraction of sp³-hybridized carbons (Fsp3) is 0.379. The van der Waals surface area contributed by atoms with Gasteiger partial charge in [-0.25, -0.2) is 0 Å². The number of ether oxygens (including phenoxy) is 3. The molecule has 0 aromatic heterocycles. The predicted octanol–water partition coefficient (Wildman–Crippen LogP) is 7.59. The summed E-state index contributed by atoms with van der Waals surface area (Å²) in [5, 5.41) is 2.59. The number of hydrogen-bond donors (Lipinski definition) is 0. The number of rotatable bonds is 8. The number of benzene rings is 3. The van der Waals surface area contributed by atoms with Gasteiger partial charge in [0.25, 0.3) is 0 Å². The van der Waals surface area contributed by atoms with Crippen LogP contribution >= 0.6 is 11.8 Å². The molecule has 2 heterocycles. The first-order valence-electron chi connectivity index (χ1n) is 12.3. The van der Waals surface area contributed by atoms with Crippen LogP contribution in [0.1, 0.15) is 43.4 Å². The molecule has 4 nitrogen and oxygen atoms in total. The average molecular weight is 476 g/mol. The molecule has 0 radical (unpaired) electrons. The molecule has 1 unspecified atom stereocenters. The largest absolute Gasteiger partial charge is 0.497 e. The number of likely N-dealkylation sites (tertiary alicyclic amines) is 1. The molecule has 3 aromatic rings. The van der Waals surface area contributed by atoms with Crippen LogP contribution in [0.15, 0.2) is 65.6 Å². The highest BCUT2D eigenvalue weighted by Crippen LogP contribution is 2.49. The van der Waals surface area contributed by atoms with Gasteiger partial charge < -0.3 is 14.2 Å². The molecular weight excluding hydrogens is 442 g/mol. The molecule has 2 aliphatic heterocycles. The van der Waals surface area contributed by atoms with Crippen LogP contribution in [0.4, 0.5) is 0 Å². The summed E-state index contributed by atoms with van der Waals surface area (Å²) < 4.78 is 18.0. The summed E-state index contributed by atoms with van der Waals surface area (Å²) in [6.07, 6.45) is 7.32. The topological polar surface area (TPSA) is 30.9 Å². The second kappa shape index (κ2) is 10.7. The summed E-state index contributed by atoms with van der Waals surface area (Å²) in [7, 11) is 1.70. The zero-order chi connectivity index (χ0) is 23.3. The van der Waals surface area contributed by atoms with E-state index in [1.807, 2.05) is 42.1 Å². The van der Waals surface area contributed by atoms with E-state index in [4.69, 9.17) is 14.2 Å². The molecule has 1 saturated heterocycles. The third-order valence-electron chi connectivity index (χ3n) is 6.67. The van der Waals surface area contributed by atoms with Gasteiger partial charge in [0.2, 0.25) is 0 Å². The number of nitrogens with zero attached hydrogens (tertiary/aromatic N) is 1. The second-order valence-electron chi connectivity index (χ2n) is 9.05. The zero-order valence-corrected chi connectivity index (χ0v) is 20.9. The summed E-state index contributed by atoms with van der Waals surface area (Å²) in [6, 6.07) is 18.6. The molecule has 34 heavy (non-hydrogen) atoms. The van der Waals surface area contributed by atoms with Crippen LogP contribution in [0.3, 0.4) is 0 Å².